The maximum absolute atomic E-state index is 13.3. The van der Waals surface area contributed by atoms with E-state index < -0.39 is 27.3 Å². The Morgan fingerprint density at radius 3 is 2.26 bits per heavy atom. The van der Waals surface area contributed by atoms with E-state index in [1.807, 2.05) is 20.8 Å². The van der Waals surface area contributed by atoms with Crippen LogP contribution in [0, 0.1) is 5.82 Å². The molecule has 0 fully saturated rings. The molecule has 0 aliphatic carbocycles. The first-order chi connectivity index (χ1) is 14.3. The number of rotatable bonds is 7. The fourth-order valence-electron chi connectivity index (χ4n) is 3.19. The van der Waals surface area contributed by atoms with Crippen molar-refractivity contribution in [1.82, 2.24) is 14.7 Å². The summed E-state index contributed by atoms with van der Waals surface area (Å²) in [5.41, 5.74) is 0.399. The SMILES string of the molecule is CCc1nn(C[C@H](C)N(C)C(=O)OC(C)(C)C)c(CC)c1S(=O)(=O)c1ccc(F)cc1. The van der Waals surface area contributed by atoms with Gasteiger partial charge in [-0.05, 0) is 64.8 Å². The third kappa shape index (κ3) is 5.64. The van der Waals surface area contributed by atoms with Gasteiger partial charge in [-0.3, -0.25) is 4.68 Å². The molecule has 0 aliphatic heterocycles. The van der Waals surface area contributed by atoms with Crippen LogP contribution in [0.3, 0.4) is 0 Å². The third-order valence-corrected chi connectivity index (χ3v) is 6.82. The summed E-state index contributed by atoms with van der Waals surface area (Å²) in [6.45, 7) is 11.3. The lowest BCUT2D eigenvalue weighted by atomic mass is 10.2. The first-order valence-corrected chi connectivity index (χ1v) is 11.8. The molecule has 0 saturated heterocycles. The fourth-order valence-corrected chi connectivity index (χ4v) is 4.97. The molecule has 2 aromatic rings. The number of aromatic nitrogens is 2. The summed E-state index contributed by atoms with van der Waals surface area (Å²) in [6.07, 6.45) is 0.401. The van der Waals surface area contributed by atoms with E-state index in [-0.39, 0.29) is 15.8 Å². The predicted octanol–water partition coefficient (Wildman–Crippen LogP) is 4.24. The number of ether oxygens (including phenoxy) is 1. The van der Waals surface area contributed by atoms with Gasteiger partial charge in [-0.15, -0.1) is 0 Å². The van der Waals surface area contributed by atoms with E-state index in [1.165, 1.54) is 17.0 Å². The summed E-state index contributed by atoms with van der Waals surface area (Å²) in [4.78, 5) is 14.1. The molecule has 172 valence electrons. The fraction of sp³-hybridized carbons (Fsp3) is 0.545. The quantitative estimate of drug-likeness (QED) is 0.586. The Labute approximate surface area is 184 Å². The van der Waals surface area contributed by atoms with Gasteiger partial charge in [0.15, 0.2) is 0 Å². The molecule has 1 atom stereocenters. The molecule has 9 heteroatoms. The number of likely N-dealkylation sites (N-methyl/N-ethyl adjacent to an activating group) is 1. The molecule has 0 unspecified atom stereocenters. The molecule has 1 heterocycles. The number of sulfone groups is 1. The van der Waals surface area contributed by atoms with E-state index in [2.05, 4.69) is 5.10 Å². The van der Waals surface area contributed by atoms with Crippen LogP contribution in [0.4, 0.5) is 9.18 Å². The minimum atomic E-state index is -3.87. The van der Waals surface area contributed by atoms with Gasteiger partial charge in [0, 0.05) is 7.05 Å². The number of hydrogen-bond donors (Lipinski definition) is 0. The van der Waals surface area contributed by atoms with Crippen molar-refractivity contribution in [2.75, 3.05) is 7.05 Å². The highest BCUT2D eigenvalue weighted by Gasteiger charge is 2.30. The molecular weight excluding hydrogens is 421 g/mol. The highest BCUT2D eigenvalue weighted by atomic mass is 32.2. The zero-order valence-corrected chi connectivity index (χ0v) is 20.1. The van der Waals surface area contributed by atoms with Gasteiger partial charge in [-0.2, -0.15) is 5.10 Å². The molecule has 0 radical (unpaired) electrons. The van der Waals surface area contributed by atoms with Crippen molar-refractivity contribution in [2.45, 2.75) is 82.4 Å². The van der Waals surface area contributed by atoms with E-state index >= 15 is 0 Å². The maximum Gasteiger partial charge on any atom is 0.410 e. The molecule has 31 heavy (non-hydrogen) atoms. The molecular formula is C22H32FN3O4S. The Balaban J connectivity index is 2.42. The van der Waals surface area contributed by atoms with E-state index in [4.69, 9.17) is 4.74 Å². The van der Waals surface area contributed by atoms with Gasteiger partial charge in [0.05, 0.1) is 28.9 Å². The monoisotopic (exact) mass is 453 g/mol. The smallest absolute Gasteiger partial charge is 0.410 e. The van der Waals surface area contributed by atoms with Gasteiger partial charge in [0.1, 0.15) is 16.3 Å². The van der Waals surface area contributed by atoms with Crippen molar-refractivity contribution >= 4 is 15.9 Å². The largest absolute Gasteiger partial charge is 0.444 e. The van der Waals surface area contributed by atoms with E-state index in [9.17, 15) is 17.6 Å². The van der Waals surface area contributed by atoms with Crippen molar-refractivity contribution in [2.24, 2.45) is 0 Å². The zero-order valence-electron chi connectivity index (χ0n) is 19.3. The van der Waals surface area contributed by atoms with E-state index in [0.717, 1.165) is 12.1 Å². The number of carbonyl (C=O) groups is 1. The van der Waals surface area contributed by atoms with Gasteiger partial charge in [-0.25, -0.2) is 17.6 Å². The molecule has 1 aromatic carbocycles. The molecule has 1 aromatic heterocycles. The first kappa shape index (κ1) is 24.8. The topological polar surface area (TPSA) is 81.5 Å². The molecule has 0 spiro atoms. The number of aryl methyl sites for hydroxylation is 1. The van der Waals surface area contributed by atoms with Gasteiger partial charge in [0.25, 0.3) is 0 Å². The van der Waals surface area contributed by atoms with Crippen molar-refractivity contribution in [3.63, 3.8) is 0 Å². The maximum atomic E-state index is 13.3. The molecule has 0 bridgehead atoms. The predicted molar refractivity (Wildman–Crippen MR) is 116 cm³/mol. The molecule has 7 nitrogen and oxygen atoms in total. The summed E-state index contributed by atoms with van der Waals surface area (Å²) in [5, 5.41) is 4.55. The highest BCUT2D eigenvalue weighted by Crippen LogP contribution is 2.29. The van der Waals surface area contributed by atoms with Crippen LogP contribution in [-0.4, -0.2) is 47.9 Å². The van der Waals surface area contributed by atoms with Gasteiger partial charge < -0.3 is 9.64 Å². The van der Waals surface area contributed by atoms with Crippen LogP contribution in [0.5, 0.6) is 0 Å². The highest BCUT2D eigenvalue weighted by molar-refractivity contribution is 7.91. The second-order valence-corrected chi connectivity index (χ2v) is 10.4. The Morgan fingerprint density at radius 1 is 1.19 bits per heavy atom. The molecule has 0 aliphatic rings. The Bertz CT molecular complexity index is 1020. The zero-order chi connectivity index (χ0) is 23.6. The lowest BCUT2D eigenvalue weighted by molar-refractivity contribution is 0.0219. The van der Waals surface area contributed by atoms with Crippen molar-refractivity contribution in [3.05, 3.63) is 41.5 Å². The van der Waals surface area contributed by atoms with Crippen molar-refractivity contribution < 1.29 is 22.3 Å². The number of hydrogen-bond acceptors (Lipinski definition) is 5. The summed E-state index contributed by atoms with van der Waals surface area (Å²) >= 11 is 0. The van der Waals surface area contributed by atoms with Crippen LogP contribution in [0.25, 0.3) is 0 Å². The van der Waals surface area contributed by atoms with Crippen LogP contribution >= 0.6 is 0 Å². The first-order valence-electron chi connectivity index (χ1n) is 10.4. The lowest BCUT2D eigenvalue weighted by Crippen LogP contribution is -2.41. The molecule has 0 saturated carbocycles. The summed E-state index contributed by atoms with van der Waals surface area (Å²) in [5.74, 6) is -0.500. The van der Waals surface area contributed by atoms with Crippen LogP contribution in [-0.2, 0) is 34.0 Å². The summed E-state index contributed by atoms with van der Waals surface area (Å²) < 4.78 is 47.1. The van der Waals surface area contributed by atoms with Gasteiger partial charge in [-0.1, -0.05) is 13.8 Å². The lowest BCUT2D eigenvalue weighted by Gasteiger charge is -2.29. The Kier molecular flexibility index (Phi) is 7.52. The summed E-state index contributed by atoms with van der Waals surface area (Å²) in [7, 11) is -2.23. The Morgan fingerprint density at radius 2 is 1.77 bits per heavy atom. The average molecular weight is 454 g/mol. The molecule has 0 N–H and O–H groups in total. The third-order valence-electron chi connectivity index (χ3n) is 4.92. The molecule has 2 rings (SSSR count). The van der Waals surface area contributed by atoms with Gasteiger partial charge >= 0.3 is 6.09 Å². The van der Waals surface area contributed by atoms with Crippen molar-refractivity contribution in [3.8, 4) is 0 Å². The Hall–Kier alpha value is -2.42. The molecule has 1 amide bonds. The standard InChI is InChI=1S/C22H32FN3O4S/c1-8-18-20(31(28,29)17-12-10-16(23)11-13-17)19(9-2)26(24-18)14-15(3)25(7)21(27)30-22(4,5)6/h10-13,15H,8-9,14H2,1-7H3/t15-/m0/s1. The minimum Gasteiger partial charge on any atom is -0.444 e. The number of benzene rings is 1. The van der Waals surface area contributed by atoms with E-state index in [0.29, 0.717) is 30.8 Å². The second-order valence-electron chi connectivity index (χ2n) is 8.51. The number of carbonyl (C=O) groups excluding carboxylic acids is 1. The van der Waals surface area contributed by atoms with E-state index in [1.54, 1.807) is 32.5 Å². The van der Waals surface area contributed by atoms with Crippen LogP contribution in [0.2, 0.25) is 0 Å². The number of nitrogens with zero attached hydrogens (tertiary/aromatic N) is 3. The minimum absolute atomic E-state index is 0.0248. The second kappa shape index (κ2) is 9.38. The average Bonchev–Trinajstić information content (AvgIpc) is 3.04. The van der Waals surface area contributed by atoms with Crippen LogP contribution in [0.15, 0.2) is 34.1 Å². The normalized spacial score (nSPS) is 13.2. The van der Waals surface area contributed by atoms with Crippen LogP contribution in [0.1, 0.15) is 52.9 Å². The number of halogens is 1. The number of amides is 1. The van der Waals surface area contributed by atoms with Crippen LogP contribution < -0.4 is 0 Å². The van der Waals surface area contributed by atoms with Gasteiger partial charge in [0.2, 0.25) is 9.84 Å². The summed E-state index contributed by atoms with van der Waals surface area (Å²) in [6, 6.07) is 4.50. The van der Waals surface area contributed by atoms with Crippen molar-refractivity contribution in [1.29, 1.82) is 0 Å².